The number of hydrogen-bond acceptors (Lipinski definition) is 5. The van der Waals surface area contributed by atoms with Crippen molar-refractivity contribution >= 4 is 34.4 Å². The zero-order valence-electron chi connectivity index (χ0n) is 10.8. The maximum Gasteiger partial charge on any atom is 0.159 e. The molecule has 6 heteroatoms. The van der Waals surface area contributed by atoms with Crippen LogP contribution < -0.4 is 16.0 Å². The number of aromatic nitrogens is 2. The van der Waals surface area contributed by atoms with Crippen molar-refractivity contribution in [1.29, 1.82) is 0 Å². The Bertz CT molecular complexity index is 597. The summed E-state index contributed by atoms with van der Waals surface area (Å²) in [4.78, 5) is 10.6. The van der Waals surface area contributed by atoms with Crippen molar-refractivity contribution < 1.29 is 0 Å². The van der Waals surface area contributed by atoms with Crippen LogP contribution in [0, 0.1) is 0 Å². The van der Waals surface area contributed by atoms with E-state index in [4.69, 9.17) is 18.0 Å². The molecule has 1 aromatic carbocycles. The fourth-order valence-electron chi connectivity index (χ4n) is 1.61. The Kier molecular flexibility index (Phi) is 3.91. The predicted octanol–water partition coefficient (Wildman–Crippen LogP) is 1.92. The van der Waals surface area contributed by atoms with Gasteiger partial charge in [0.15, 0.2) is 5.82 Å². The van der Waals surface area contributed by atoms with E-state index in [1.54, 1.807) is 12.4 Å². The lowest BCUT2D eigenvalue weighted by Gasteiger charge is -2.14. The number of hydrogen-bond donors (Lipinski definition) is 2. The van der Waals surface area contributed by atoms with E-state index >= 15 is 0 Å². The van der Waals surface area contributed by atoms with Crippen LogP contribution in [0.15, 0.2) is 36.7 Å². The van der Waals surface area contributed by atoms with Crippen molar-refractivity contribution in [2.24, 2.45) is 5.73 Å². The normalized spacial score (nSPS) is 10.0. The van der Waals surface area contributed by atoms with Gasteiger partial charge in [-0.05, 0) is 18.2 Å². The van der Waals surface area contributed by atoms with Crippen LogP contribution in [0.3, 0.4) is 0 Å². The van der Waals surface area contributed by atoms with Crippen LogP contribution in [0.4, 0.5) is 17.2 Å². The Morgan fingerprint density at radius 3 is 2.68 bits per heavy atom. The summed E-state index contributed by atoms with van der Waals surface area (Å²) in [5.74, 6) is 0.561. The molecule has 98 valence electrons. The van der Waals surface area contributed by atoms with Crippen LogP contribution in [0.5, 0.6) is 0 Å². The van der Waals surface area contributed by atoms with Gasteiger partial charge in [0, 0.05) is 37.9 Å². The van der Waals surface area contributed by atoms with Gasteiger partial charge >= 0.3 is 0 Å². The summed E-state index contributed by atoms with van der Waals surface area (Å²) in [6.07, 6.45) is 3.16. The van der Waals surface area contributed by atoms with E-state index in [1.165, 1.54) is 0 Å². The number of nitrogens with one attached hydrogen (secondary N) is 1. The molecule has 0 aliphatic carbocycles. The lowest BCUT2D eigenvalue weighted by atomic mass is 10.2. The third-order valence-electron chi connectivity index (χ3n) is 2.56. The molecule has 0 atom stereocenters. The highest BCUT2D eigenvalue weighted by Gasteiger charge is 2.08. The summed E-state index contributed by atoms with van der Waals surface area (Å²) in [5.41, 5.74) is 8.12. The molecule has 1 aromatic heterocycles. The molecule has 0 radical (unpaired) electrons. The zero-order chi connectivity index (χ0) is 13.8. The third kappa shape index (κ3) is 3.17. The molecular formula is C13H15N5S. The third-order valence-corrected chi connectivity index (χ3v) is 2.75. The first kappa shape index (κ1) is 13.2. The molecule has 0 bridgehead atoms. The Morgan fingerprint density at radius 1 is 1.26 bits per heavy atom. The van der Waals surface area contributed by atoms with Gasteiger partial charge in [-0.1, -0.05) is 18.3 Å². The lowest BCUT2D eigenvalue weighted by molar-refractivity contribution is 1.13. The highest BCUT2D eigenvalue weighted by atomic mass is 32.1. The predicted molar refractivity (Wildman–Crippen MR) is 82.0 cm³/mol. The van der Waals surface area contributed by atoms with Crippen LogP contribution in [-0.2, 0) is 0 Å². The number of benzene rings is 1. The first-order valence-corrected chi connectivity index (χ1v) is 6.14. The summed E-state index contributed by atoms with van der Waals surface area (Å²) < 4.78 is 0. The highest BCUT2D eigenvalue weighted by Crippen LogP contribution is 2.21. The van der Waals surface area contributed by atoms with Crippen LogP contribution in [-0.4, -0.2) is 29.1 Å². The van der Waals surface area contributed by atoms with E-state index in [2.05, 4.69) is 15.3 Å². The van der Waals surface area contributed by atoms with Crippen molar-refractivity contribution in [3.8, 4) is 0 Å². The lowest BCUT2D eigenvalue weighted by Crippen LogP contribution is -2.15. The molecule has 0 aliphatic heterocycles. The molecule has 5 nitrogen and oxygen atoms in total. The second kappa shape index (κ2) is 5.62. The van der Waals surface area contributed by atoms with E-state index < -0.39 is 0 Å². The van der Waals surface area contributed by atoms with Gasteiger partial charge in [-0.15, -0.1) is 0 Å². The molecule has 0 amide bonds. The van der Waals surface area contributed by atoms with Gasteiger partial charge in [-0.2, -0.15) is 0 Å². The second-order valence-corrected chi connectivity index (χ2v) is 4.63. The minimum Gasteiger partial charge on any atom is -0.388 e. The van der Waals surface area contributed by atoms with Gasteiger partial charge < -0.3 is 16.0 Å². The topological polar surface area (TPSA) is 67.1 Å². The Morgan fingerprint density at radius 2 is 2.00 bits per heavy atom. The second-order valence-electron chi connectivity index (χ2n) is 4.19. The number of anilines is 3. The fourth-order valence-corrected chi connectivity index (χ4v) is 1.76. The van der Waals surface area contributed by atoms with E-state index in [0.717, 1.165) is 11.4 Å². The van der Waals surface area contributed by atoms with Crippen LogP contribution in [0.2, 0.25) is 0 Å². The van der Waals surface area contributed by atoms with Crippen molar-refractivity contribution in [2.45, 2.75) is 0 Å². The van der Waals surface area contributed by atoms with Gasteiger partial charge in [0.2, 0.25) is 0 Å². The molecule has 2 aromatic rings. The van der Waals surface area contributed by atoms with E-state index in [1.807, 2.05) is 43.3 Å². The van der Waals surface area contributed by atoms with Crippen molar-refractivity contribution in [1.82, 2.24) is 9.97 Å². The summed E-state index contributed by atoms with van der Waals surface area (Å²) in [6.45, 7) is 0. The maximum atomic E-state index is 5.63. The molecular weight excluding hydrogens is 258 g/mol. The first-order valence-electron chi connectivity index (χ1n) is 5.73. The average molecular weight is 273 g/mol. The quantitative estimate of drug-likeness (QED) is 0.830. The summed E-state index contributed by atoms with van der Waals surface area (Å²) >= 11 is 4.96. The fraction of sp³-hybridized carbons (Fsp3) is 0.154. The molecule has 19 heavy (non-hydrogen) atoms. The molecule has 3 N–H and O–H groups in total. The summed E-state index contributed by atoms with van der Waals surface area (Å²) in [5, 5.41) is 3.18. The molecule has 0 fully saturated rings. The highest BCUT2D eigenvalue weighted by molar-refractivity contribution is 7.80. The number of nitrogens with zero attached hydrogens (tertiary/aromatic N) is 3. The smallest absolute Gasteiger partial charge is 0.159 e. The molecule has 0 spiro atoms. The van der Waals surface area contributed by atoms with Crippen LogP contribution in [0.25, 0.3) is 0 Å². The summed E-state index contributed by atoms with van der Waals surface area (Å²) in [6, 6.07) is 7.95. The van der Waals surface area contributed by atoms with Gasteiger partial charge in [0.25, 0.3) is 0 Å². The van der Waals surface area contributed by atoms with Gasteiger partial charge in [-0.25, -0.2) is 9.97 Å². The number of rotatable bonds is 4. The van der Waals surface area contributed by atoms with E-state index in [9.17, 15) is 0 Å². The molecule has 1 heterocycles. The van der Waals surface area contributed by atoms with Crippen molar-refractivity contribution in [2.75, 3.05) is 24.3 Å². The molecule has 0 unspecified atom stereocenters. The van der Waals surface area contributed by atoms with E-state index in [0.29, 0.717) is 11.5 Å². The molecule has 0 saturated carbocycles. The number of nitrogens with two attached hydrogens (primary N) is 1. The Labute approximate surface area is 117 Å². The molecule has 2 rings (SSSR count). The van der Waals surface area contributed by atoms with Crippen LogP contribution >= 0.6 is 12.2 Å². The van der Waals surface area contributed by atoms with Crippen molar-refractivity contribution in [3.63, 3.8) is 0 Å². The van der Waals surface area contributed by atoms with Crippen LogP contribution in [0.1, 0.15) is 5.69 Å². The minimum absolute atomic E-state index is 0.222. The van der Waals surface area contributed by atoms with Gasteiger partial charge in [-0.3, -0.25) is 0 Å². The largest absolute Gasteiger partial charge is 0.388 e. The average Bonchev–Trinajstić information content (AvgIpc) is 2.39. The maximum absolute atomic E-state index is 5.63. The summed E-state index contributed by atoms with van der Waals surface area (Å²) in [7, 11) is 3.98. The number of thiocarbonyl (C=S) groups is 1. The van der Waals surface area contributed by atoms with E-state index in [-0.39, 0.29) is 4.99 Å². The zero-order valence-corrected chi connectivity index (χ0v) is 11.6. The SMILES string of the molecule is CN(C)c1cccc(Nc2nccnc2C(N)=S)c1. The molecule has 0 saturated heterocycles. The monoisotopic (exact) mass is 273 g/mol. The minimum atomic E-state index is 0.222. The first-order chi connectivity index (χ1) is 9.08. The van der Waals surface area contributed by atoms with Gasteiger partial charge in [0.1, 0.15) is 10.7 Å². The Balaban J connectivity index is 2.31. The van der Waals surface area contributed by atoms with Crippen molar-refractivity contribution in [3.05, 3.63) is 42.4 Å². The standard InChI is InChI=1S/C13H15N5S/c1-18(2)10-5-3-4-9(8-10)17-13-11(12(14)19)15-6-7-16-13/h3-8H,1-2H3,(H2,14,19)(H,16,17). The van der Waals surface area contributed by atoms with Gasteiger partial charge in [0.05, 0.1) is 0 Å². The Hall–Kier alpha value is -2.21. The molecule has 0 aliphatic rings.